The molecule has 0 saturated heterocycles. The average molecular weight is 437 g/mol. The third-order valence-corrected chi connectivity index (χ3v) is 6.02. The van der Waals surface area contributed by atoms with Crippen molar-refractivity contribution in [3.63, 3.8) is 0 Å². The largest absolute Gasteiger partial charge is 0.319 e. The highest BCUT2D eigenvalue weighted by atomic mass is 35.5. The number of amides is 1. The van der Waals surface area contributed by atoms with E-state index in [1.165, 1.54) is 42.6 Å². The third-order valence-electron chi connectivity index (χ3n) is 3.45. The minimum absolute atomic E-state index is 0.0439. The van der Waals surface area contributed by atoms with E-state index in [1.54, 1.807) is 13.0 Å². The summed E-state index contributed by atoms with van der Waals surface area (Å²) in [5, 5.41) is 2.42. The lowest BCUT2D eigenvalue weighted by Crippen LogP contribution is -2.22. The predicted molar refractivity (Wildman–Crippen MR) is 106 cm³/mol. The summed E-state index contributed by atoms with van der Waals surface area (Å²) in [5.74, 6) is -1.62. The van der Waals surface area contributed by atoms with E-state index < -0.39 is 21.7 Å². The number of nitrogens with zero attached hydrogens (tertiary/aromatic N) is 2. The molecule has 0 aliphatic rings. The highest BCUT2D eigenvalue weighted by molar-refractivity contribution is 7.92. The molecule has 2 N–H and O–H groups in total. The van der Waals surface area contributed by atoms with Crippen LogP contribution in [0.25, 0.3) is 0 Å². The Hall–Kier alpha value is -2.82. The number of aromatic nitrogens is 2. The summed E-state index contributed by atoms with van der Waals surface area (Å²) >= 11 is 6.76. The molecule has 28 heavy (non-hydrogen) atoms. The van der Waals surface area contributed by atoms with Crippen LogP contribution in [-0.4, -0.2) is 30.1 Å². The molecule has 2 aromatic heterocycles. The van der Waals surface area contributed by atoms with E-state index in [9.17, 15) is 18.0 Å². The molecule has 0 radical (unpaired) electrons. The van der Waals surface area contributed by atoms with Gasteiger partial charge in [0.25, 0.3) is 21.7 Å². The van der Waals surface area contributed by atoms with Gasteiger partial charge >= 0.3 is 0 Å². The lowest BCUT2D eigenvalue weighted by molar-refractivity contribution is -0.112. The second kappa shape index (κ2) is 8.05. The van der Waals surface area contributed by atoms with E-state index in [0.29, 0.717) is 10.0 Å². The van der Waals surface area contributed by atoms with Gasteiger partial charge in [0.15, 0.2) is 0 Å². The molecule has 2 heterocycles. The van der Waals surface area contributed by atoms with Crippen LogP contribution < -0.4 is 10.0 Å². The van der Waals surface area contributed by atoms with Crippen molar-refractivity contribution in [3.05, 3.63) is 63.6 Å². The zero-order valence-corrected chi connectivity index (χ0v) is 16.7. The average Bonchev–Trinajstić information content (AvgIpc) is 3.07. The predicted octanol–water partition coefficient (Wildman–Crippen LogP) is 3.12. The maximum absolute atomic E-state index is 12.4. The Bertz CT molecular complexity index is 1140. The summed E-state index contributed by atoms with van der Waals surface area (Å²) in [7, 11) is -3.90. The number of hydrogen-bond donors (Lipinski definition) is 2. The first-order valence-electron chi connectivity index (χ1n) is 7.78. The number of anilines is 2. The molecule has 1 amide bonds. The summed E-state index contributed by atoms with van der Waals surface area (Å²) in [6, 6.07) is 9.96. The van der Waals surface area contributed by atoms with Crippen molar-refractivity contribution < 1.29 is 18.0 Å². The van der Waals surface area contributed by atoms with Gasteiger partial charge in [-0.05, 0) is 49.4 Å². The number of carbonyl (C=O) groups excluding carboxylic acids is 2. The van der Waals surface area contributed by atoms with E-state index in [-0.39, 0.29) is 21.4 Å². The molecule has 0 fully saturated rings. The van der Waals surface area contributed by atoms with Crippen LogP contribution in [-0.2, 0) is 14.8 Å². The fourth-order valence-electron chi connectivity index (χ4n) is 2.13. The Morgan fingerprint density at radius 2 is 1.79 bits per heavy atom. The van der Waals surface area contributed by atoms with Gasteiger partial charge in [0.1, 0.15) is 0 Å². The smallest absolute Gasteiger partial charge is 0.297 e. The molecule has 144 valence electrons. The number of sulfonamides is 1. The van der Waals surface area contributed by atoms with E-state index in [2.05, 4.69) is 20.0 Å². The molecular formula is C17H13ClN4O4S2. The lowest BCUT2D eigenvalue weighted by atomic mass is 10.2. The Morgan fingerprint density at radius 1 is 1.07 bits per heavy atom. The fraction of sp³-hybridized carbons (Fsp3) is 0.0588. The van der Waals surface area contributed by atoms with Crippen LogP contribution in [0.3, 0.4) is 0 Å². The topological polar surface area (TPSA) is 118 Å². The van der Waals surface area contributed by atoms with Crippen molar-refractivity contribution in [2.45, 2.75) is 11.8 Å². The maximum atomic E-state index is 12.4. The van der Waals surface area contributed by atoms with Crippen LogP contribution in [0, 0.1) is 6.92 Å². The number of thiophene rings is 1. The second-order valence-electron chi connectivity index (χ2n) is 5.54. The van der Waals surface area contributed by atoms with Crippen molar-refractivity contribution in [2.24, 2.45) is 0 Å². The van der Waals surface area contributed by atoms with E-state index in [4.69, 9.17) is 11.6 Å². The summed E-state index contributed by atoms with van der Waals surface area (Å²) in [6.45, 7) is 1.71. The third kappa shape index (κ3) is 4.71. The zero-order valence-electron chi connectivity index (χ0n) is 14.3. The van der Waals surface area contributed by atoms with Crippen LogP contribution in [0.15, 0.2) is 53.6 Å². The molecule has 0 aliphatic carbocycles. The van der Waals surface area contributed by atoms with E-state index in [1.807, 2.05) is 0 Å². The minimum Gasteiger partial charge on any atom is -0.319 e. The summed E-state index contributed by atoms with van der Waals surface area (Å²) in [6.07, 6.45) is 1.44. The Morgan fingerprint density at radius 3 is 2.39 bits per heavy atom. The molecule has 1 aromatic carbocycles. The van der Waals surface area contributed by atoms with Crippen LogP contribution in [0.1, 0.15) is 15.4 Å². The maximum Gasteiger partial charge on any atom is 0.297 e. The summed E-state index contributed by atoms with van der Waals surface area (Å²) < 4.78 is 27.5. The van der Waals surface area contributed by atoms with Gasteiger partial charge in [0, 0.05) is 17.6 Å². The van der Waals surface area contributed by atoms with Crippen LogP contribution in [0.4, 0.5) is 11.6 Å². The van der Waals surface area contributed by atoms with E-state index in [0.717, 1.165) is 11.3 Å². The van der Waals surface area contributed by atoms with Crippen molar-refractivity contribution in [2.75, 3.05) is 10.0 Å². The van der Waals surface area contributed by atoms with Gasteiger partial charge in [0.2, 0.25) is 5.95 Å². The standard InChI is InChI=1S/C17H13ClN4O4S2/c1-10-8-9-19-17(20-10)22-28(25,26)12-4-2-11(3-5-12)21-16(24)15(23)13-6-7-14(18)27-13/h2-9H,1H3,(H,21,24)(H,19,20,22). The molecule has 0 spiro atoms. The van der Waals surface area contributed by atoms with Crippen molar-refractivity contribution in [1.29, 1.82) is 0 Å². The van der Waals surface area contributed by atoms with Gasteiger partial charge in [-0.15, -0.1) is 11.3 Å². The Balaban J connectivity index is 1.70. The zero-order chi connectivity index (χ0) is 20.3. The SMILES string of the molecule is Cc1ccnc(NS(=O)(=O)c2ccc(NC(=O)C(=O)c3ccc(Cl)s3)cc2)n1. The van der Waals surface area contributed by atoms with Crippen LogP contribution >= 0.6 is 22.9 Å². The molecule has 3 aromatic rings. The fourth-order valence-corrected chi connectivity index (χ4v) is 4.06. The first-order chi connectivity index (χ1) is 13.2. The molecule has 0 saturated carbocycles. The first kappa shape index (κ1) is 19.9. The number of benzene rings is 1. The molecule has 0 bridgehead atoms. The monoisotopic (exact) mass is 436 g/mol. The van der Waals surface area contributed by atoms with Crippen LogP contribution in [0.2, 0.25) is 4.34 Å². The minimum atomic E-state index is -3.90. The molecule has 3 rings (SSSR count). The molecule has 8 nitrogen and oxygen atoms in total. The number of carbonyl (C=O) groups is 2. The molecular weight excluding hydrogens is 424 g/mol. The summed E-state index contributed by atoms with van der Waals surface area (Å²) in [4.78, 5) is 32.1. The number of aryl methyl sites for hydroxylation is 1. The van der Waals surface area contributed by atoms with Crippen molar-refractivity contribution in [3.8, 4) is 0 Å². The molecule has 0 unspecified atom stereocenters. The molecule has 11 heteroatoms. The highest BCUT2D eigenvalue weighted by Crippen LogP contribution is 2.22. The second-order valence-corrected chi connectivity index (χ2v) is 8.94. The highest BCUT2D eigenvalue weighted by Gasteiger charge is 2.19. The van der Waals surface area contributed by atoms with Gasteiger partial charge in [-0.25, -0.2) is 23.1 Å². The number of hydrogen-bond acceptors (Lipinski definition) is 7. The Labute approximate surface area is 169 Å². The number of Topliss-reactive ketones (excluding diaryl/α,β-unsaturated/α-hetero) is 1. The quantitative estimate of drug-likeness (QED) is 0.452. The molecule has 0 aliphatic heterocycles. The van der Waals surface area contributed by atoms with E-state index >= 15 is 0 Å². The summed E-state index contributed by atoms with van der Waals surface area (Å²) in [5.41, 5.74) is 0.884. The number of halogens is 1. The van der Waals surface area contributed by atoms with Gasteiger partial charge < -0.3 is 5.32 Å². The molecule has 0 atom stereocenters. The normalized spacial score (nSPS) is 11.1. The lowest BCUT2D eigenvalue weighted by Gasteiger charge is -2.08. The first-order valence-corrected chi connectivity index (χ1v) is 10.5. The van der Waals surface area contributed by atoms with Crippen molar-refractivity contribution in [1.82, 2.24) is 9.97 Å². The van der Waals surface area contributed by atoms with Crippen molar-refractivity contribution >= 4 is 56.3 Å². The van der Waals surface area contributed by atoms with Crippen LogP contribution in [0.5, 0.6) is 0 Å². The number of ketones is 1. The Kier molecular flexibility index (Phi) is 5.73. The van der Waals surface area contributed by atoms with Gasteiger partial charge in [-0.2, -0.15) is 0 Å². The van der Waals surface area contributed by atoms with Gasteiger partial charge in [0.05, 0.1) is 14.1 Å². The number of rotatable bonds is 6. The van der Waals surface area contributed by atoms with Gasteiger partial charge in [-0.3, -0.25) is 9.59 Å². The number of nitrogens with one attached hydrogen (secondary N) is 2. The van der Waals surface area contributed by atoms with Gasteiger partial charge in [-0.1, -0.05) is 11.6 Å².